The number of fused-ring (bicyclic) bond motifs is 2. The van der Waals surface area contributed by atoms with Gasteiger partial charge in [0.15, 0.2) is 5.76 Å². The minimum atomic E-state index is -5.08. The van der Waals surface area contributed by atoms with Gasteiger partial charge >= 0.3 is 12.1 Å². The van der Waals surface area contributed by atoms with Crippen LogP contribution >= 0.6 is 11.6 Å². The van der Waals surface area contributed by atoms with Crippen LogP contribution in [0.4, 0.5) is 13.2 Å². The van der Waals surface area contributed by atoms with Gasteiger partial charge in [0.05, 0.1) is 12.2 Å². The van der Waals surface area contributed by atoms with Gasteiger partial charge in [0.1, 0.15) is 5.58 Å². The number of nitrogens with zero attached hydrogens (tertiary/aromatic N) is 4. The Morgan fingerprint density at radius 3 is 2.58 bits per heavy atom. The van der Waals surface area contributed by atoms with Gasteiger partial charge in [-0.25, -0.2) is 4.79 Å². The number of carboxylic acid groups (broad SMARTS) is 1. The highest BCUT2D eigenvalue weighted by Crippen LogP contribution is 2.25. The van der Waals surface area contributed by atoms with Crippen LogP contribution in [-0.2, 0) is 17.9 Å². The van der Waals surface area contributed by atoms with E-state index in [9.17, 15) is 18.0 Å². The maximum absolute atomic E-state index is 13.1. The summed E-state index contributed by atoms with van der Waals surface area (Å²) in [6, 6.07) is 9.10. The number of carbonyl (C=O) groups excluding carboxylic acids is 1. The Morgan fingerprint density at radius 2 is 1.94 bits per heavy atom. The van der Waals surface area contributed by atoms with Crippen LogP contribution < -0.4 is 0 Å². The lowest BCUT2D eigenvalue weighted by Crippen LogP contribution is -2.37. The van der Waals surface area contributed by atoms with Crippen molar-refractivity contribution in [3.63, 3.8) is 0 Å². The second-order valence-corrected chi connectivity index (χ2v) is 8.35. The van der Waals surface area contributed by atoms with E-state index in [0.29, 0.717) is 35.4 Å². The molecule has 0 radical (unpaired) electrons. The van der Waals surface area contributed by atoms with Gasteiger partial charge in [-0.15, -0.1) is 0 Å². The molecule has 0 saturated carbocycles. The maximum Gasteiger partial charge on any atom is 0.490 e. The summed E-state index contributed by atoms with van der Waals surface area (Å²) in [4.78, 5) is 26.0. The van der Waals surface area contributed by atoms with Crippen LogP contribution in [0.25, 0.3) is 11.0 Å². The van der Waals surface area contributed by atoms with Gasteiger partial charge in [-0.1, -0.05) is 11.6 Å². The summed E-state index contributed by atoms with van der Waals surface area (Å²) in [6.07, 6.45) is -3.29. The molecule has 1 atom stereocenters. The molecule has 4 rings (SSSR count). The predicted octanol–water partition coefficient (Wildman–Crippen LogP) is 3.75. The van der Waals surface area contributed by atoms with Crippen LogP contribution in [0.5, 0.6) is 0 Å². The number of aromatic nitrogens is 2. The quantitative estimate of drug-likeness (QED) is 0.606. The summed E-state index contributed by atoms with van der Waals surface area (Å²) >= 11 is 6.04. The molecule has 33 heavy (non-hydrogen) atoms. The molecule has 1 aliphatic rings. The van der Waals surface area contributed by atoms with Gasteiger partial charge in [-0.05, 0) is 44.4 Å². The van der Waals surface area contributed by atoms with Gasteiger partial charge in [0.2, 0.25) is 0 Å². The SMILES string of the molecule is CN(C)CC1CN(C(=O)c2cc3cc(Cl)ccc3o2)Cc2ccnn2C1.O=C(O)C(F)(F)F. The Balaban J connectivity index is 0.000000383. The maximum atomic E-state index is 13.1. The van der Waals surface area contributed by atoms with Gasteiger partial charge in [0.25, 0.3) is 5.91 Å². The molecule has 12 heteroatoms. The summed E-state index contributed by atoms with van der Waals surface area (Å²) < 4.78 is 39.5. The van der Waals surface area contributed by atoms with Crippen molar-refractivity contribution in [1.82, 2.24) is 19.6 Å². The van der Waals surface area contributed by atoms with E-state index in [4.69, 9.17) is 25.9 Å². The molecule has 0 fully saturated rings. The van der Waals surface area contributed by atoms with E-state index in [0.717, 1.165) is 24.2 Å². The molecular formula is C21H22ClF3N4O4. The van der Waals surface area contributed by atoms with E-state index in [1.807, 2.05) is 35.8 Å². The third-order valence-corrected chi connectivity index (χ3v) is 5.14. The summed E-state index contributed by atoms with van der Waals surface area (Å²) in [7, 11) is 4.09. The molecule has 178 valence electrons. The molecule has 0 bridgehead atoms. The smallest absolute Gasteiger partial charge is 0.475 e. The van der Waals surface area contributed by atoms with E-state index >= 15 is 0 Å². The summed E-state index contributed by atoms with van der Waals surface area (Å²) in [5.74, 6) is -2.21. The van der Waals surface area contributed by atoms with Gasteiger partial charge in [0, 0.05) is 42.2 Å². The van der Waals surface area contributed by atoms with Gasteiger partial charge in [-0.2, -0.15) is 18.3 Å². The third kappa shape index (κ3) is 6.26. The first-order valence-electron chi connectivity index (χ1n) is 9.88. The molecule has 8 nitrogen and oxygen atoms in total. The highest BCUT2D eigenvalue weighted by atomic mass is 35.5. The normalized spacial score (nSPS) is 16.2. The molecule has 3 aromatic rings. The summed E-state index contributed by atoms with van der Waals surface area (Å²) in [5, 5.41) is 13.0. The fraction of sp³-hybridized carbons (Fsp3) is 0.381. The van der Waals surface area contributed by atoms with Crippen molar-refractivity contribution in [3.8, 4) is 0 Å². The lowest BCUT2D eigenvalue weighted by molar-refractivity contribution is -0.192. The molecular weight excluding hydrogens is 465 g/mol. The largest absolute Gasteiger partial charge is 0.490 e. The molecule has 3 heterocycles. The molecule has 0 aliphatic carbocycles. The number of alkyl halides is 3. The van der Waals surface area contributed by atoms with Crippen molar-refractivity contribution < 1.29 is 32.3 Å². The highest BCUT2D eigenvalue weighted by Gasteiger charge is 2.38. The first-order valence-corrected chi connectivity index (χ1v) is 10.3. The van der Waals surface area contributed by atoms with Gasteiger partial charge in [-0.3, -0.25) is 9.48 Å². The van der Waals surface area contributed by atoms with Gasteiger partial charge < -0.3 is 19.3 Å². The molecule has 1 aromatic carbocycles. The number of benzene rings is 1. The highest BCUT2D eigenvalue weighted by molar-refractivity contribution is 6.31. The van der Waals surface area contributed by atoms with E-state index in [-0.39, 0.29) is 5.91 Å². The van der Waals surface area contributed by atoms with Crippen molar-refractivity contribution in [1.29, 1.82) is 0 Å². The molecule has 1 unspecified atom stereocenters. The topological polar surface area (TPSA) is 91.8 Å². The number of amides is 1. The Kier molecular flexibility index (Phi) is 7.33. The zero-order valence-corrected chi connectivity index (χ0v) is 18.6. The molecule has 1 N–H and O–H groups in total. The molecule has 1 aliphatic heterocycles. The second-order valence-electron chi connectivity index (χ2n) is 7.91. The van der Waals surface area contributed by atoms with E-state index < -0.39 is 12.1 Å². The number of carbonyl (C=O) groups is 2. The van der Waals surface area contributed by atoms with Crippen LogP contribution in [0, 0.1) is 5.92 Å². The zero-order valence-electron chi connectivity index (χ0n) is 17.8. The van der Waals surface area contributed by atoms with Crippen LogP contribution in [0.15, 0.2) is 40.9 Å². The Labute approximate surface area is 192 Å². The second kappa shape index (κ2) is 9.84. The van der Waals surface area contributed by atoms with Crippen molar-refractivity contribution in [2.24, 2.45) is 5.92 Å². The van der Waals surface area contributed by atoms with E-state index in [2.05, 4.69) is 10.00 Å². The number of carboxylic acids is 1. The lowest BCUT2D eigenvalue weighted by atomic mass is 10.1. The van der Waals surface area contributed by atoms with Crippen molar-refractivity contribution >= 4 is 34.4 Å². The standard InChI is InChI=1S/C19H21ClN4O2.C2HF3O2/c1-22(2)9-13-10-23(12-16-5-6-21-24(16)11-13)19(25)18-8-14-7-15(20)3-4-17(14)26-18;3-2(4,5)1(6)7/h3-8,13H,9-12H2,1-2H3;(H,6,7). The fourth-order valence-electron chi connectivity index (χ4n) is 3.59. The van der Waals surface area contributed by atoms with Crippen molar-refractivity contribution in [2.75, 3.05) is 27.2 Å². The first kappa shape index (κ1) is 24.6. The summed E-state index contributed by atoms with van der Waals surface area (Å²) in [5.41, 5.74) is 1.71. The Bertz CT molecular complexity index is 1140. The number of furan rings is 1. The Hall–Kier alpha value is -3.05. The Morgan fingerprint density at radius 1 is 1.24 bits per heavy atom. The molecule has 0 spiro atoms. The lowest BCUT2D eigenvalue weighted by Gasteiger charge is -2.25. The van der Waals surface area contributed by atoms with Crippen LogP contribution in [0.3, 0.4) is 0 Å². The van der Waals surface area contributed by atoms with Crippen LogP contribution in [-0.4, -0.2) is 69.9 Å². The number of hydrogen-bond donors (Lipinski definition) is 1. The third-order valence-electron chi connectivity index (χ3n) is 4.91. The minimum absolute atomic E-state index is 0.101. The minimum Gasteiger partial charge on any atom is -0.475 e. The van der Waals surface area contributed by atoms with E-state index in [1.165, 1.54) is 0 Å². The molecule has 0 saturated heterocycles. The average molecular weight is 487 g/mol. The van der Waals surface area contributed by atoms with Crippen molar-refractivity contribution in [3.05, 3.63) is 53.0 Å². The number of hydrogen-bond acceptors (Lipinski definition) is 5. The number of aliphatic carboxylic acids is 1. The fourth-order valence-corrected chi connectivity index (χ4v) is 3.78. The van der Waals surface area contributed by atoms with Crippen LogP contribution in [0.2, 0.25) is 5.02 Å². The summed E-state index contributed by atoms with van der Waals surface area (Å²) in [6.45, 7) is 2.89. The zero-order chi connectivity index (χ0) is 24.3. The van der Waals surface area contributed by atoms with E-state index in [1.54, 1.807) is 24.4 Å². The number of rotatable bonds is 3. The number of halogens is 4. The average Bonchev–Trinajstić information content (AvgIpc) is 3.28. The van der Waals surface area contributed by atoms with Crippen LogP contribution in [0.1, 0.15) is 16.2 Å². The molecule has 1 amide bonds. The van der Waals surface area contributed by atoms with Crippen molar-refractivity contribution in [2.45, 2.75) is 19.3 Å². The monoisotopic (exact) mass is 486 g/mol. The first-order chi connectivity index (χ1) is 15.4. The predicted molar refractivity (Wildman–Crippen MR) is 114 cm³/mol. The molecule has 2 aromatic heterocycles.